The summed E-state index contributed by atoms with van der Waals surface area (Å²) in [6.45, 7) is 1.59. The van der Waals surface area contributed by atoms with Crippen molar-refractivity contribution >= 4 is 33.0 Å². The number of rotatable bonds is 4. The van der Waals surface area contributed by atoms with Gasteiger partial charge in [0.1, 0.15) is 10.7 Å². The van der Waals surface area contributed by atoms with Crippen molar-refractivity contribution in [1.82, 2.24) is 0 Å². The average molecular weight is 315 g/mol. The van der Waals surface area contributed by atoms with Gasteiger partial charge in [0.2, 0.25) is 0 Å². The van der Waals surface area contributed by atoms with Gasteiger partial charge in [0, 0.05) is 0 Å². The molecule has 5 nitrogen and oxygen atoms in total. The molecule has 0 bridgehead atoms. The minimum absolute atomic E-state index is 0.00626. The van der Waals surface area contributed by atoms with Crippen molar-refractivity contribution in [3.8, 4) is 0 Å². The maximum atomic E-state index is 13.1. The van der Waals surface area contributed by atoms with Crippen LogP contribution < -0.4 is 4.72 Å². The van der Waals surface area contributed by atoms with Gasteiger partial charge in [-0.3, -0.25) is 4.72 Å². The predicted molar refractivity (Wildman–Crippen MR) is 73.2 cm³/mol. The Morgan fingerprint density at radius 3 is 2.70 bits per heavy atom. The highest BCUT2D eigenvalue weighted by Crippen LogP contribution is 2.29. The maximum absolute atomic E-state index is 13.1. The zero-order chi connectivity index (χ0) is 14.9. The number of carboxylic acids is 1. The minimum Gasteiger partial charge on any atom is -0.477 e. The highest BCUT2D eigenvalue weighted by molar-refractivity contribution is 7.92. The Bertz CT molecular complexity index is 768. The smallest absolute Gasteiger partial charge is 0.348 e. The van der Waals surface area contributed by atoms with Crippen LogP contribution in [0.15, 0.2) is 34.5 Å². The zero-order valence-corrected chi connectivity index (χ0v) is 11.9. The standard InChI is InChI=1S/C12H10FNO4S2/c1-7-6-19-11(12(15)16)10(7)14-20(17,18)9-4-2-3-8(13)5-9/h2-6,14H,1H3,(H,15,16). The van der Waals surface area contributed by atoms with Gasteiger partial charge in [-0.25, -0.2) is 17.6 Å². The molecule has 2 N–H and O–H groups in total. The number of anilines is 1. The van der Waals surface area contributed by atoms with Crippen LogP contribution in [0.2, 0.25) is 0 Å². The van der Waals surface area contributed by atoms with Gasteiger partial charge in [-0.05, 0) is 36.1 Å². The molecule has 1 aromatic carbocycles. The van der Waals surface area contributed by atoms with Crippen molar-refractivity contribution in [3.63, 3.8) is 0 Å². The molecule has 0 atom stereocenters. The molecule has 1 aromatic heterocycles. The first-order valence-corrected chi connectivity index (χ1v) is 7.77. The van der Waals surface area contributed by atoms with E-state index < -0.39 is 21.8 Å². The van der Waals surface area contributed by atoms with E-state index in [-0.39, 0.29) is 15.5 Å². The summed E-state index contributed by atoms with van der Waals surface area (Å²) >= 11 is 0.923. The van der Waals surface area contributed by atoms with E-state index in [0.29, 0.717) is 5.56 Å². The van der Waals surface area contributed by atoms with Gasteiger partial charge in [0.05, 0.1) is 10.6 Å². The number of sulfonamides is 1. The fraction of sp³-hybridized carbons (Fsp3) is 0.0833. The summed E-state index contributed by atoms with van der Waals surface area (Å²) in [5.41, 5.74) is 0.499. The molecule has 0 radical (unpaired) electrons. The summed E-state index contributed by atoms with van der Waals surface area (Å²) in [6, 6.07) is 4.48. The molecule has 1 heterocycles. The van der Waals surface area contributed by atoms with E-state index in [9.17, 15) is 17.6 Å². The third-order valence-electron chi connectivity index (χ3n) is 2.51. The Morgan fingerprint density at radius 2 is 2.10 bits per heavy atom. The Morgan fingerprint density at radius 1 is 1.40 bits per heavy atom. The molecule has 0 amide bonds. The maximum Gasteiger partial charge on any atom is 0.348 e. The molecule has 0 aliphatic rings. The lowest BCUT2D eigenvalue weighted by molar-refractivity contribution is 0.0703. The normalized spacial score (nSPS) is 11.3. The first-order chi connectivity index (χ1) is 9.31. The van der Waals surface area contributed by atoms with Crippen LogP contribution in [0.4, 0.5) is 10.1 Å². The van der Waals surface area contributed by atoms with E-state index in [1.807, 2.05) is 0 Å². The van der Waals surface area contributed by atoms with Crippen molar-refractivity contribution < 1.29 is 22.7 Å². The van der Waals surface area contributed by atoms with Crippen LogP contribution in [0.1, 0.15) is 15.2 Å². The Kier molecular flexibility index (Phi) is 3.78. The van der Waals surface area contributed by atoms with Crippen molar-refractivity contribution in [2.45, 2.75) is 11.8 Å². The van der Waals surface area contributed by atoms with Crippen molar-refractivity contribution in [1.29, 1.82) is 0 Å². The van der Waals surface area contributed by atoms with Gasteiger partial charge in [-0.15, -0.1) is 11.3 Å². The molecule has 0 aliphatic heterocycles. The monoisotopic (exact) mass is 315 g/mol. The number of aromatic carboxylic acids is 1. The number of benzene rings is 1. The van der Waals surface area contributed by atoms with Gasteiger partial charge < -0.3 is 5.11 Å². The fourth-order valence-electron chi connectivity index (χ4n) is 1.56. The highest BCUT2D eigenvalue weighted by Gasteiger charge is 2.22. The number of nitrogens with one attached hydrogen (secondary N) is 1. The second-order valence-electron chi connectivity index (χ2n) is 3.99. The topological polar surface area (TPSA) is 83.5 Å². The lowest BCUT2D eigenvalue weighted by atomic mass is 10.3. The van der Waals surface area contributed by atoms with E-state index >= 15 is 0 Å². The van der Waals surface area contributed by atoms with Gasteiger partial charge in [-0.2, -0.15) is 0 Å². The van der Waals surface area contributed by atoms with Gasteiger partial charge in [0.25, 0.3) is 10.0 Å². The number of hydrogen-bond donors (Lipinski definition) is 2. The number of aryl methyl sites for hydroxylation is 1. The Hall–Kier alpha value is -1.93. The molecule has 20 heavy (non-hydrogen) atoms. The van der Waals surface area contributed by atoms with E-state index in [4.69, 9.17) is 5.11 Å². The molecule has 0 spiro atoms. The van der Waals surface area contributed by atoms with Crippen molar-refractivity contribution in [2.75, 3.05) is 4.72 Å². The summed E-state index contributed by atoms with van der Waals surface area (Å²) in [6.07, 6.45) is 0. The number of carboxylic acid groups (broad SMARTS) is 1. The molecule has 0 aliphatic carbocycles. The third kappa shape index (κ3) is 2.81. The van der Waals surface area contributed by atoms with Gasteiger partial charge in [0.15, 0.2) is 0 Å². The van der Waals surface area contributed by atoms with Crippen molar-refractivity contribution in [2.24, 2.45) is 0 Å². The zero-order valence-electron chi connectivity index (χ0n) is 10.3. The number of hydrogen-bond acceptors (Lipinski definition) is 4. The van der Waals surface area contributed by atoms with Crippen LogP contribution in [0.25, 0.3) is 0 Å². The number of halogens is 1. The fourth-order valence-corrected chi connectivity index (χ4v) is 3.64. The molecule has 106 valence electrons. The summed E-state index contributed by atoms with van der Waals surface area (Å²) in [7, 11) is -4.03. The first kappa shape index (κ1) is 14.5. The van der Waals surface area contributed by atoms with Gasteiger partial charge >= 0.3 is 5.97 Å². The third-order valence-corrected chi connectivity index (χ3v) is 4.95. The molecule has 0 fully saturated rings. The molecular formula is C12H10FNO4S2. The minimum atomic E-state index is -4.03. The van der Waals surface area contributed by atoms with Gasteiger partial charge in [-0.1, -0.05) is 6.07 Å². The Labute approximate surface area is 118 Å². The van der Waals surface area contributed by atoms with Crippen LogP contribution >= 0.6 is 11.3 Å². The summed E-state index contributed by atoms with van der Waals surface area (Å²) in [5, 5.41) is 10.5. The molecule has 0 saturated heterocycles. The second kappa shape index (κ2) is 5.22. The van der Waals surface area contributed by atoms with E-state index in [2.05, 4.69) is 4.72 Å². The highest BCUT2D eigenvalue weighted by atomic mass is 32.2. The molecule has 0 unspecified atom stereocenters. The average Bonchev–Trinajstić information content (AvgIpc) is 2.71. The van der Waals surface area contributed by atoms with E-state index in [1.165, 1.54) is 17.5 Å². The SMILES string of the molecule is Cc1csc(C(=O)O)c1NS(=O)(=O)c1cccc(F)c1. The number of carbonyl (C=O) groups is 1. The number of thiophene rings is 1. The van der Waals surface area contributed by atoms with Crippen LogP contribution in [0, 0.1) is 12.7 Å². The molecule has 0 saturated carbocycles. The van der Waals surface area contributed by atoms with Crippen LogP contribution in [-0.2, 0) is 10.0 Å². The Balaban J connectivity index is 2.44. The quantitative estimate of drug-likeness (QED) is 0.908. The van der Waals surface area contributed by atoms with E-state index in [0.717, 1.165) is 23.5 Å². The van der Waals surface area contributed by atoms with Crippen LogP contribution in [0.5, 0.6) is 0 Å². The predicted octanol–water partition coefficient (Wildman–Crippen LogP) is 2.69. The summed E-state index contributed by atoms with van der Waals surface area (Å²) in [5.74, 6) is -1.91. The van der Waals surface area contributed by atoms with Crippen LogP contribution in [0.3, 0.4) is 0 Å². The second-order valence-corrected chi connectivity index (χ2v) is 6.55. The molecule has 2 rings (SSSR count). The lowest BCUT2D eigenvalue weighted by Crippen LogP contribution is -2.15. The molecule has 2 aromatic rings. The summed E-state index contributed by atoms with van der Waals surface area (Å²) in [4.78, 5) is 10.7. The van der Waals surface area contributed by atoms with Crippen LogP contribution in [-0.4, -0.2) is 19.5 Å². The molecule has 8 heteroatoms. The van der Waals surface area contributed by atoms with E-state index in [1.54, 1.807) is 6.92 Å². The largest absolute Gasteiger partial charge is 0.477 e. The summed E-state index contributed by atoms with van der Waals surface area (Å²) < 4.78 is 39.5. The van der Waals surface area contributed by atoms with Crippen molar-refractivity contribution in [3.05, 3.63) is 45.9 Å². The first-order valence-electron chi connectivity index (χ1n) is 5.41. The molecular weight excluding hydrogens is 305 g/mol. The lowest BCUT2D eigenvalue weighted by Gasteiger charge is -2.09.